The van der Waals surface area contributed by atoms with Gasteiger partial charge in [0.05, 0.1) is 5.02 Å². The van der Waals surface area contributed by atoms with Gasteiger partial charge in [0.1, 0.15) is 0 Å². The molecular formula is C19H20Cl2N2O3. The molecule has 1 aromatic heterocycles. The maximum atomic E-state index is 13.1. The molecule has 7 heteroatoms. The Bertz CT molecular complexity index is 864. The first-order valence-electron chi connectivity index (χ1n) is 8.27. The quantitative estimate of drug-likeness (QED) is 0.529. The summed E-state index contributed by atoms with van der Waals surface area (Å²) in [6.45, 7) is 2.50. The molecule has 1 atom stereocenters. The van der Waals surface area contributed by atoms with E-state index in [0.717, 1.165) is 17.4 Å². The van der Waals surface area contributed by atoms with Crippen molar-refractivity contribution >= 4 is 34.9 Å². The molecule has 0 spiro atoms. The molecule has 5 nitrogen and oxygen atoms in total. The van der Waals surface area contributed by atoms with Gasteiger partial charge in [0.25, 0.3) is 11.5 Å². The van der Waals surface area contributed by atoms with Gasteiger partial charge in [-0.25, -0.2) is 0 Å². The number of nitrogens with zero attached hydrogens (tertiary/aromatic N) is 2. The molecular weight excluding hydrogens is 375 g/mol. The highest BCUT2D eigenvalue weighted by Crippen LogP contribution is 2.20. The zero-order valence-corrected chi connectivity index (χ0v) is 16.1. The van der Waals surface area contributed by atoms with Gasteiger partial charge in [-0.3, -0.25) is 19.0 Å². The summed E-state index contributed by atoms with van der Waals surface area (Å²) < 4.78 is 1.08. The number of rotatable bonds is 7. The third-order valence-corrected chi connectivity index (χ3v) is 4.45. The highest BCUT2D eigenvalue weighted by atomic mass is 35.5. The maximum Gasteiger partial charge on any atom is 0.253 e. The number of benzene rings is 1. The number of likely N-dealkylation sites (N-methyl/N-ethyl adjacent to an activating group) is 1. The maximum absolute atomic E-state index is 13.1. The molecule has 1 aromatic carbocycles. The number of hydrogen-bond donors (Lipinski definition) is 0. The van der Waals surface area contributed by atoms with Gasteiger partial charge in [0, 0.05) is 36.4 Å². The first-order valence-corrected chi connectivity index (χ1v) is 9.03. The predicted molar refractivity (Wildman–Crippen MR) is 103 cm³/mol. The molecule has 0 aliphatic carbocycles. The molecule has 138 valence electrons. The van der Waals surface area contributed by atoms with Crippen LogP contribution in [0.25, 0.3) is 0 Å². The van der Waals surface area contributed by atoms with Crippen LogP contribution in [0, 0.1) is 0 Å². The summed E-state index contributed by atoms with van der Waals surface area (Å²) >= 11 is 12.0. The number of unbranched alkanes of at least 4 members (excludes halogenated alkanes) is 1. The molecule has 1 amide bonds. The normalized spacial score (nSPS) is 11.8. The standard InChI is InChI=1S/C19H20Cl2N2O3/c1-3-4-10-22(2)19(26)17(23-12-15(21)8-9-16(23)24)18(25)13-6-5-7-14(20)11-13/h5-9,11-12,17H,3-4,10H2,1-2H3/t17-/m0/s1. The van der Waals surface area contributed by atoms with Crippen molar-refractivity contribution in [3.8, 4) is 0 Å². The Morgan fingerprint density at radius 3 is 2.54 bits per heavy atom. The number of amides is 1. The SMILES string of the molecule is CCCCN(C)C(=O)[C@H](C(=O)c1cccc(Cl)c1)n1cc(Cl)ccc1=O. The van der Waals surface area contributed by atoms with Crippen LogP contribution < -0.4 is 5.56 Å². The minimum atomic E-state index is -1.33. The van der Waals surface area contributed by atoms with E-state index in [-0.39, 0.29) is 10.6 Å². The highest BCUT2D eigenvalue weighted by Gasteiger charge is 2.32. The van der Waals surface area contributed by atoms with Gasteiger partial charge in [0.15, 0.2) is 11.8 Å². The van der Waals surface area contributed by atoms with Crippen LogP contribution in [0.2, 0.25) is 10.0 Å². The lowest BCUT2D eigenvalue weighted by atomic mass is 10.0. The third-order valence-electron chi connectivity index (χ3n) is 3.99. The molecule has 1 heterocycles. The number of carbonyl (C=O) groups excluding carboxylic acids is 2. The average molecular weight is 395 g/mol. The number of hydrogen-bond acceptors (Lipinski definition) is 3. The highest BCUT2D eigenvalue weighted by molar-refractivity contribution is 6.31. The Morgan fingerprint density at radius 1 is 1.15 bits per heavy atom. The van der Waals surface area contributed by atoms with Crippen LogP contribution in [0.15, 0.2) is 47.4 Å². The molecule has 0 radical (unpaired) electrons. The van der Waals surface area contributed by atoms with Crippen molar-refractivity contribution in [3.05, 3.63) is 68.6 Å². The van der Waals surface area contributed by atoms with Crippen LogP contribution in [0.3, 0.4) is 0 Å². The minimum absolute atomic E-state index is 0.256. The van der Waals surface area contributed by atoms with E-state index in [4.69, 9.17) is 23.2 Å². The first-order chi connectivity index (χ1) is 12.3. The topological polar surface area (TPSA) is 59.4 Å². The zero-order chi connectivity index (χ0) is 19.3. The second-order valence-electron chi connectivity index (χ2n) is 5.98. The van der Waals surface area contributed by atoms with Gasteiger partial charge in [-0.2, -0.15) is 0 Å². The van der Waals surface area contributed by atoms with E-state index in [0.29, 0.717) is 11.6 Å². The largest absolute Gasteiger partial charge is 0.344 e. The van der Waals surface area contributed by atoms with Gasteiger partial charge >= 0.3 is 0 Å². The summed E-state index contributed by atoms with van der Waals surface area (Å²) in [6, 6.07) is 7.63. The monoisotopic (exact) mass is 394 g/mol. The molecule has 0 N–H and O–H groups in total. The molecule has 0 saturated carbocycles. The van der Waals surface area contributed by atoms with E-state index in [9.17, 15) is 14.4 Å². The van der Waals surface area contributed by atoms with Gasteiger partial charge in [-0.15, -0.1) is 0 Å². The van der Waals surface area contributed by atoms with Crippen molar-refractivity contribution in [2.45, 2.75) is 25.8 Å². The van der Waals surface area contributed by atoms with Crippen LogP contribution in [0.4, 0.5) is 0 Å². The lowest BCUT2D eigenvalue weighted by molar-refractivity contribution is -0.132. The van der Waals surface area contributed by atoms with Gasteiger partial charge in [0.2, 0.25) is 0 Å². The summed E-state index contributed by atoms with van der Waals surface area (Å²) in [5.41, 5.74) is -0.223. The number of halogens is 2. The number of carbonyl (C=O) groups is 2. The molecule has 0 unspecified atom stereocenters. The van der Waals surface area contributed by atoms with E-state index < -0.39 is 23.3 Å². The van der Waals surface area contributed by atoms with Gasteiger partial charge < -0.3 is 4.90 Å². The number of ketones is 1. The van der Waals surface area contributed by atoms with Gasteiger partial charge in [-0.1, -0.05) is 48.7 Å². The summed E-state index contributed by atoms with van der Waals surface area (Å²) in [6.07, 6.45) is 3.01. The number of pyridine rings is 1. The summed E-state index contributed by atoms with van der Waals surface area (Å²) in [5.74, 6) is -0.974. The molecule has 0 aliphatic heterocycles. The van der Waals surface area contributed by atoms with Crippen LogP contribution in [-0.2, 0) is 4.79 Å². The lowest BCUT2D eigenvalue weighted by Gasteiger charge is -2.24. The molecule has 26 heavy (non-hydrogen) atoms. The van der Waals surface area contributed by atoms with Crippen molar-refractivity contribution in [3.63, 3.8) is 0 Å². The van der Waals surface area contributed by atoms with E-state index in [1.165, 1.54) is 29.3 Å². The van der Waals surface area contributed by atoms with Crippen LogP contribution in [-0.4, -0.2) is 34.7 Å². The summed E-state index contributed by atoms with van der Waals surface area (Å²) in [5, 5.41) is 0.636. The number of aromatic nitrogens is 1. The van der Waals surface area contributed by atoms with E-state index in [1.54, 1.807) is 25.2 Å². The molecule has 0 bridgehead atoms. The van der Waals surface area contributed by atoms with Gasteiger partial charge in [-0.05, 0) is 24.6 Å². The fourth-order valence-corrected chi connectivity index (χ4v) is 2.91. The smallest absolute Gasteiger partial charge is 0.253 e. The predicted octanol–water partition coefficient (Wildman–Crippen LogP) is 3.84. The Balaban J connectivity index is 2.51. The summed E-state index contributed by atoms with van der Waals surface area (Å²) in [4.78, 5) is 39.8. The molecule has 2 rings (SSSR count). The Hall–Kier alpha value is -2.11. The van der Waals surface area contributed by atoms with E-state index >= 15 is 0 Å². The Morgan fingerprint density at radius 2 is 1.88 bits per heavy atom. The summed E-state index contributed by atoms with van der Waals surface area (Å²) in [7, 11) is 1.62. The van der Waals surface area contributed by atoms with Crippen molar-refractivity contribution in [2.24, 2.45) is 0 Å². The van der Waals surface area contributed by atoms with Crippen LogP contribution >= 0.6 is 23.2 Å². The number of Topliss-reactive ketones (excluding diaryl/α,β-unsaturated/α-hetero) is 1. The molecule has 0 aliphatic rings. The van der Waals surface area contributed by atoms with Crippen molar-refractivity contribution in [1.29, 1.82) is 0 Å². The van der Waals surface area contributed by atoms with E-state index in [1.807, 2.05) is 6.92 Å². The third kappa shape index (κ3) is 4.74. The van der Waals surface area contributed by atoms with Crippen molar-refractivity contribution in [2.75, 3.05) is 13.6 Å². The second kappa shape index (κ2) is 9.01. The fourth-order valence-electron chi connectivity index (χ4n) is 2.55. The van der Waals surface area contributed by atoms with Crippen molar-refractivity contribution in [1.82, 2.24) is 9.47 Å². The van der Waals surface area contributed by atoms with Crippen LogP contribution in [0.5, 0.6) is 0 Å². The first kappa shape index (κ1) is 20.2. The average Bonchev–Trinajstić information content (AvgIpc) is 2.62. The van der Waals surface area contributed by atoms with E-state index in [2.05, 4.69) is 0 Å². The minimum Gasteiger partial charge on any atom is -0.344 e. The van der Waals surface area contributed by atoms with Crippen molar-refractivity contribution < 1.29 is 9.59 Å². The van der Waals surface area contributed by atoms with Crippen LogP contribution in [0.1, 0.15) is 36.2 Å². The second-order valence-corrected chi connectivity index (χ2v) is 6.86. The molecule has 0 fully saturated rings. The molecule has 2 aromatic rings. The lowest BCUT2D eigenvalue weighted by Crippen LogP contribution is -2.42. The fraction of sp³-hybridized carbons (Fsp3) is 0.316. The zero-order valence-electron chi connectivity index (χ0n) is 14.6. The Labute approximate surface area is 162 Å². The molecule has 0 saturated heterocycles. The Kier molecular flexibility index (Phi) is 7.00.